The third kappa shape index (κ3) is 2.79. The van der Waals surface area contributed by atoms with Crippen LogP contribution < -0.4 is 0 Å². The second kappa shape index (κ2) is 5.61. The minimum atomic E-state index is -0.881. The van der Waals surface area contributed by atoms with Crippen molar-refractivity contribution < 1.29 is 14.3 Å². The van der Waals surface area contributed by atoms with Gasteiger partial charge in [-0.1, -0.05) is 12.1 Å². The van der Waals surface area contributed by atoms with Crippen LogP contribution in [0.3, 0.4) is 0 Å². The lowest BCUT2D eigenvalue weighted by Crippen LogP contribution is -2.48. The van der Waals surface area contributed by atoms with Crippen molar-refractivity contribution >= 4 is 5.91 Å². The number of aliphatic hydroxyl groups is 1. The van der Waals surface area contributed by atoms with Gasteiger partial charge in [-0.05, 0) is 50.5 Å². The normalized spacial score (nSPS) is 18.7. The van der Waals surface area contributed by atoms with E-state index in [1.54, 1.807) is 31.3 Å². The van der Waals surface area contributed by atoms with Crippen LogP contribution >= 0.6 is 0 Å². The van der Waals surface area contributed by atoms with Crippen LogP contribution in [0.1, 0.15) is 37.0 Å². The smallest absolute Gasteiger partial charge is 0.254 e. The highest BCUT2D eigenvalue weighted by atomic mass is 16.3. The van der Waals surface area contributed by atoms with Crippen molar-refractivity contribution in [2.24, 2.45) is 0 Å². The van der Waals surface area contributed by atoms with Gasteiger partial charge < -0.3 is 14.4 Å². The van der Waals surface area contributed by atoms with Gasteiger partial charge in [-0.25, -0.2) is 0 Å². The average molecular weight is 299 g/mol. The highest BCUT2D eigenvalue weighted by Crippen LogP contribution is 2.29. The summed E-state index contributed by atoms with van der Waals surface area (Å²) in [6.45, 7) is 4.24. The van der Waals surface area contributed by atoms with E-state index in [2.05, 4.69) is 0 Å². The molecule has 1 N–H and O–H groups in total. The summed E-state index contributed by atoms with van der Waals surface area (Å²) in [5.41, 5.74) is 1.68. The van der Waals surface area contributed by atoms with Crippen LogP contribution in [0.2, 0.25) is 0 Å². The SMILES string of the molecule is CC(C)(O)[C@H]1CCCN1C(=O)c1cccc(-c2ccoc2)c1. The molecular weight excluding hydrogens is 278 g/mol. The Balaban J connectivity index is 1.88. The molecule has 0 aliphatic carbocycles. The Morgan fingerprint density at radius 3 is 2.82 bits per heavy atom. The lowest BCUT2D eigenvalue weighted by Gasteiger charge is -2.33. The molecule has 0 saturated carbocycles. The fraction of sp³-hybridized carbons (Fsp3) is 0.389. The number of nitrogens with zero attached hydrogens (tertiary/aromatic N) is 1. The van der Waals surface area contributed by atoms with Crippen molar-refractivity contribution in [1.29, 1.82) is 0 Å². The van der Waals surface area contributed by atoms with E-state index in [0.717, 1.165) is 24.0 Å². The number of likely N-dealkylation sites (tertiary alicyclic amines) is 1. The van der Waals surface area contributed by atoms with E-state index < -0.39 is 5.60 Å². The molecule has 1 aliphatic rings. The van der Waals surface area contributed by atoms with Gasteiger partial charge in [0.15, 0.2) is 0 Å². The predicted molar refractivity (Wildman–Crippen MR) is 84.5 cm³/mol. The molecule has 2 aromatic rings. The van der Waals surface area contributed by atoms with Gasteiger partial charge in [-0.2, -0.15) is 0 Å². The zero-order valence-electron chi connectivity index (χ0n) is 13.0. The first-order valence-corrected chi connectivity index (χ1v) is 7.63. The summed E-state index contributed by atoms with van der Waals surface area (Å²) in [6.07, 6.45) is 5.06. The molecule has 1 aromatic heterocycles. The van der Waals surface area contributed by atoms with Gasteiger partial charge in [0, 0.05) is 17.7 Å². The quantitative estimate of drug-likeness (QED) is 0.946. The molecule has 3 rings (SSSR count). The van der Waals surface area contributed by atoms with E-state index in [0.29, 0.717) is 12.1 Å². The van der Waals surface area contributed by atoms with Crippen LogP contribution in [0.15, 0.2) is 47.3 Å². The van der Waals surface area contributed by atoms with Crippen LogP contribution in [0.5, 0.6) is 0 Å². The molecule has 1 saturated heterocycles. The molecule has 0 spiro atoms. The largest absolute Gasteiger partial charge is 0.472 e. The van der Waals surface area contributed by atoms with Crippen molar-refractivity contribution in [3.05, 3.63) is 48.4 Å². The first-order chi connectivity index (χ1) is 10.5. The Morgan fingerprint density at radius 1 is 1.32 bits per heavy atom. The summed E-state index contributed by atoms with van der Waals surface area (Å²) in [5.74, 6) is -0.0185. The monoisotopic (exact) mass is 299 g/mol. The van der Waals surface area contributed by atoms with Crippen molar-refractivity contribution in [3.8, 4) is 11.1 Å². The van der Waals surface area contributed by atoms with Crippen LogP contribution in [0.4, 0.5) is 0 Å². The highest BCUT2D eigenvalue weighted by Gasteiger charge is 2.38. The molecule has 1 atom stereocenters. The Kier molecular flexibility index (Phi) is 3.79. The molecule has 1 aliphatic heterocycles. The van der Waals surface area contributed by atoms with E-state index in [1.807, 2.05) is 30.3 Å². The van der Waals surface area contributed by atoms with Crippen molar-refractivity contribution in [3.63, 3.8) is 0 Å². The Bertz CT molecular complexity index is 655. The van der Waals surface area contributed by atoms with E-state index in [-0.39, 0.29) is 11.9 Å². The van der Waals surface area contributed by atoms with Crippen LogP contribution in [0.25, 0.3) is 11.1 Å². The first-order valence-electron chi connectivity index (χ1n) is 7.63. The second-order valence-corrected chi connectivity index (χ2v) is 6.40. The number of rotatable bonds is 3. The number of furan rings is 1. The van der Waals surface area contributed by atoms with E-state index in [1.165, 1.54) is 0 Å². The molecule has 0 bridgehead atoms. The molecule has 0 radical (unpaired) electrons. The van der Waals surface area contributed by atoms with Crippen molar-refractivity contribution in [1.82, 2.24) is 4.90 Å². The molecule has 116 valence electrons. The third-order valence-corrected chi connectivity index (χ3v) is 4.29. The van der Waals surface area contributed by atoms with Crippen molar-refractivity contribution in [2.75, 3.05) is 6.54 Å². The molecule has 1 fully saturated rings. The van der Waals surface area contributed by atoms with Gasteiger partial charge in [-0.3, -0.25) is 4.79 Å². The summed E-state index contributed by atoms with van der Waals surface area (Å²) in [4.78, 5) is 14.6. The standard InChI is InChI=1S/C18H21NO3/c1-18(2,21)16-7-4-9-19(16)17(20)14-6-3-5-13(11-14)15-8-10-22-12-15/h3,5-6,8,10-12,16,21H,4,7,9H2,1-2H3/t16-/m1/s1. The number of amides is 1. The van der Waals surface area contributed by atoms with Crippen molar-refractivity contribution in [2.45, 2.75) is 38.3 Å². The minimum absolute atomic E-state index is 0.0185. The fourth-order valence-electron chi connectivity index (χ4n) is 3.17. The maximum Gasteiger partial charge on any atom is 0.254 e. The number of carbonyl (C=O) groups is 1. The van der Waals surface area contributed by atoms with Gasteiger partial charge in [0.2, 0.25) is 0 Å². The summed E-state index contributed by atoms with van der Waals surface area (Å²) in [5, 5.41) is 10.3. The lowest BCUT2D eigenvalue weighted by atomic mass is 9.96. The maximum atomic E-state index is 12.8. The Labute approximate surface area is 130 Å². The van der Waals surface area contributed by atoms with Crippen LogP contribution in [-0.4, -0.2) is 34.1 Å². The fourth-order valence-corrected chi connectivity index (χ4v) is 3.17. The van der Waals surface area contributed by atoms with Gasteiger partial charge in [-0.15, -0.1) is 0 Å². The van der Waals surface area contributed by atoms with E-state index in [9.17, 15) is 9.90 Å². The minimum Gasteiger partial charge on any atom is -0.472 e. The molecule has 1 amide bonds. The summed E-state index contributed by atoms with van der Waals surface area (Å²) < 4.78 is 5.10. The number of benzene rings is 1. The molecule has 4 nitrogen and oxygen atoms in total. The highest BCUT2D eigenvalue weighted by molar-refractivity contribution is 5.96. The maximum absolute atomic E-state index is 12.8. The van der Waals surface area contributed by atoms with Gasteiger partial charge in [0.25, 0.3) is 5.91 Å². The van der Waals surface area contributed by atoms with E-state index >= 15 is 0 Å². The number of hydrogen-bond donors (Lipinski definition) is 1. The van der Waals surface area contributed by atoms with Gasteiger partial charge in [0.05, 0.1) is 24.2 Å². The van der Waals surface area contributed by atoms with Gasteiger partial charge in [0.1, 0.15) is 0 Å². The molecule has 2 heterocycles. The Morgan fingerprint density at radius 2 is 2.14 bits per heavy atom. The summed E-state index contributed by atoms with van der Waals surface area (Å²) >= 11 is 0. The first kappa shape index (κ1) is 14.9. The zero-order valence-corrected chi connectivity index (χ0v) is 13.0. The average Bonchev–Trinajstić information content (AvgIpc) is 3.17. The molecule has 1 aromatic carbocycles. The predicted octanol–water partition coefficient (Wildman–Crippen LogP) is 3.32. The summed E-state index contributed by atoms with van der Waals surface area (Å²) in [6, 6.07) is 9.29. The molecule has 0 unspecified atom stereocenters. The zero-order chi connectivity index (χ0) is 15.7. The summed E-state index contributed by atoms with van der Waals surface area (Å²) in [7, 11) is 0. The molecule has 4 heteroatoms. The Hall–Kier alpha value is -2.07. The number of carbonyl (C=O) groups excluding carboxylic acids is 1. The molecule has 22 heavy (non-hydrogen) atoms. The van der Waals surface area contributed by atoms with Crippen LogP contribution in [0, 0.1) is 0 Å². The lowest BCUT2D eigenvalue weighted by molar-refractivity contribution is 0.000339. The van der Waals surface area contributed by atoms with Gasteiger partial charge >= 0.3 is 0 Å². The third-order valence-electron chi connectivity index (χ3n) is 4.29. The molecular formula is C18H21NO3. The van der Waals surface area contributed by atoms with Crippen LogP contribution in [-0.2, 0) is 0 Å². The topological polar surface area (TPSA) is 53.7 Å². The second-order valence-electron chi connectivity index (χ2n) is 6.40. The van der Waals surface area contributed by atoms with E-state index in [4.69, 9.17) is 4.42 Å². The number of hydrogen-bond acceptors (Lipinski definition) is 3.